The van der Waals surface area contributed by atoms with Gasteiger partial charge >= 0.3 is 0 Å². The number of ether oxygens (including phenoxy) is 2. The lowest BCUT2D eigenvalue weighted by atomic mass is 10.1. The summed E-state index contributed by atoms with van der Waals surface area (Å²) >= 11 is 1.73. The summed E-state index contributed by atoms with van der Waals surface area (Å²) in [5, 5.41) is 7.32. The third-order valence-corrected chi connectivity index (χ3v) is 6.36. The van der Waals surface area contributed by atoms with Gasteiger partial charge in [-0.1, -0.05) is 30.3 Å². The predicted octanol–water partition coefficient (Wildman–Crippen LogP) is 4.73. The van der Waals surface area contributed by atoms with Gasteiger partial charge in [0.25, 0.3) is 0 Å². The standard InChI is InChI=1S/C25H23N3O3S/c1-16(25(29)26-14-18-8-11-21-22(12-18)31-15-30-21)27-19-9-6-17(7-10-19)13-24-28-20-4-2-3-5-23(20)32-24/h2-12,16,27H,13-15H2,1H3,(H,26,29). The number of nitrogens with zero attached hydrogens (tertiary/aromatic N) is 1. The Hall–Kier alpha value is -3.58. The first kappa shape index (κ1) is 20.3. The molecule has 0 spiro atoms. The van der Waals surface area contributed by atoms with Crippen LogP contribution in [-0.2, 0) is 17.8 Å². The van der Waals surface area contributed by atoms with E-state index in [9.17, 15) is 4.79 Å². The number of carbonyl (C=O) groups is 1. The third kappa shape index (κ3) is 4.53. The van der Waals surface area contributed by atoms with E-state index >= 15 is 0 Å². The number of nitrogens with one attached hydrogen (secondary N) is 2. The smallest absolute Gasteiger partial charge is 0.242 e. The van der Waals surface area contributed by atoms with Gasteiger partial charge in [-0.05, 0) is 54.4 Å². The summed E-state index contributed by atoms with van der Waals surface area (Å²) in [7, 11) is 0. The molecule has 1 aliphatic heterocycles. The first-order valence-corrected chi connectivity index (χ1v) is 11.3. The Labute approximate surface area is 190 Å². The van der Waals surface area contributed by atoms with E-state index < -0.39 is 0 Å². The Balaban J connectivity index is 1.14. The van der Waals surface area contributed by atoms with E-state index in [0.717, 1.165) is 33.9 Å². The molecule has 1 atom stereocenters. The minimum Gasteiger partial charge on any atom is -0.454 e. The maximum absolute atomic E-state index is 12.5. The number of thiazole rings is 1. The molecule has 5 rings (SSSR count). The van der Waals surface area contributed by atoms with Crippen molar-refractivity contribution in [3.63, 3.8) is 0 Å². The molecule has 0 saturated carbocycles. The summed E-state index contributed by atoms with van der Waals surface area (Å²) in [6.45, 7) is 2.53. The van der Waals surface area contributed by atoms with Crippen molar-refractivity contribution in [2.24, 2.45) is 0 Å². The van der Waals surface area contributed by atoms with Crippen molar-refractivity contribution < 1.29 is 14.3 Å². The topological polar surface area (TPSA) is 72.5 Å². The van der Waals surface area contributed by atoms with Crippen LogP contribution in [0.5, 0.6) is 11.5 Å². The minimum atomic E-state index is -0.362. The van der Waals surface area contributed by atoms with Gasteiger partial charge in [-0.25, -0.2) is 4.98 Å². The molecule has 3 aromatic carbocycles. The van der Waals surface area contributed by atoms with E-state index in [4.69, 9.17) is 14.5 Å². The van der Waals surface area contributed by atoms with Gasteiger partial charge in [-0.2, -0.15) is 0 Å². The summed E-state index contributed by atoms with van der Waals surface area (Å²) in [5.74, 6) is 1.39. The molecule has 7 heteroatoms. The number of hydrogen-bond acceptors (Lipinski definition) is 6. The van der Waals surface area contributed by atoms with Crippen molar-refractivity contribution in [2.45, 2.75) is 25.9 Å². The number of anilines is 1. The van der Waals surface area contributed by atoms with Gasteiger partial charge in [-0.15, -0.1) is 11.3 Å². The summed E-state index contributed by atoms with van der Waals surface area (Å²) in [6, 6.07) is 21.7. The minimum absolute atomic E-state index is 0.0683. The number of para-hydroxylation sites is 1. The van der Waals surface area contributed by atoms with Crippen molar-refractivity contribution in [1.82, 2.24) is 10.3 Å². The molecule has 0 fully saturated rings. The van der Waals surface area contributed by atoms with Crippen LogP contribution < -0.4 is 20.1 Å². The number of fused-ring (bicyclic) bond motifs is 2. The number of aromatic nitrogens is 1. The Morgan fingerprint density at radius 3 is 2.66 bits per heavy atom. The molecule has 0 bridgehead atoms. The quantitative estimate of drug-likeness (QED) is 0.430. The number of hydrogen-bond donors (Lipinski definition) is 2. The highest BCUT2D eigenvalue weighted by molar-refractivity contribution is 7.18. The molecule has 0 radical (unpaired) electrons. The molecule has 1 aromatic heterocycles. The van der Waals surface area contributed by atoms with Gasteiger partial charge in [0.2, 0.25) is 12.7 Å². The second-order valence-corrected chi connectivity index (χ2v) is 8.84. The highest BCUT2D eigenvalue weighted by Crippen LogP contribution is 2.32. The van der Waals surface area contributed by atoms with Crippen LogP contribution in [0, 0.1) is 0 Å². The van der Waals surface area contributed by atoms with Gasteiger partial charge in [0.15, 0.2) is 11.5 Å². The van der Waals surface area contributed by atoms with Crippen molar-refractivity contribution in [3.05, 3.63) is 82.9 Å². The van der Waals surface area contributed by atoms with E-state index in [0.29, 0.717) is 12.3 Å². The lowest BCUT2D eigenvalue weighted by Gasteiger charge is -2.16. The van der Waals surface area contributed by atoms with Gasteiger partial charge in [-0.3, -0.25) is 4.79 Å². The maximum atomic E-state index is 12.5. The molecule has 2 heterocycles. The first-order chi connectivity index (χ1) is 15.6. The Bertz CT molecular complexity index is 1220. The molecular formula is C25H23N3O3S. The zero-order valence-corrected chi connectivity index (χ0v) is 18.4. The Kier molecular flexibility index (Phi) is 5.64. The molecule has 0 aliphatic carbocycles. The molecule has 0 saturated heterocycles. The second kappa shape index (κ2) is 8.88. The Morgan fingerprint density at radius 2 is 1.81 bits per heavy atom. The molecule has 32 heavy (non-hydrogen) atoms. The zero-order valence-electron chi connectivity index (χ0n) is 17.6. The van der Waals surface area contributed by atoms with Crippen LogP contribution >= 0.6 is 11.3 Å². The average Bonchev–Trinajstić information content (AvgIpc) is 3.44. The van der Waals surface area contributed by atoms with E-state index in [1.54, 1.807) is 11.3 Å². The third-order valence-electron chi connectivity index (χ3n) is 5.33. The number of amides is 1. The lowest BCUT2D eigenvalue weighted by Crippen LogP contribution is -2.37. The van der Waals surface area contributed by atoms with Gasteiger partial charge < -0.3 is 20.1 Å². The maximum Gasteiger partial charge on any atom is 0.242 e. The van der Waals surface area contributed by atoms with E-state index in [1.807, 2.05) is 55.5 Å². The fourth-order valence-corrected chi connectivity index (χ4v) is 4.60. The fourth-order valence-electron chi connectivity index (χ4n) is 3.60. The van der Waals surface area contributed by atoms with Gasteiger partial charge in [0.1, 0.15) is 6.04 Å². The molecule has 1 unspecified atom stereocenters. The second-order valence-electron chi connectivity index (χ2n) is 7.72. The average molecular weight is 446 g/mol. The first-order valence-electron chi connectivity index (χ1n) is 10.5. The van der Waals surface area contributed by atoms with Crippen LogP contribution in [0.1, 0.15) is 23.1 Å². The van der Waals surface area contributed by atoms with Gasteiger partial charge in [0, 0.05) is 18.7 Å². The molecule has 162 valence electrons. The van der Waals surface area contributed by atoms with Crippen LogP contribution in [0.15, 0.2) is 66.7 Å². The van der Waals surface area contributed by atoms with Crippen molar-refractivity contribution >= 4 is 33.1 Å². The zero-order chi connectivity index (χ0) is 21.9. The van der Waals surface area contributed by atoms with E-state index in [2.05, 4.69) is 28.8 Å². The van der Waals surface area contributed by atoms with Crippen LogP contribution in [0.3, 0.4) is 0 Å². The summed E-state index contributed by atoms with van der Waals surface area (Å²) in [6.07, 6.45) is 0.797. The van der Waals surface area contributed by atoms with Crippen LogP contribution in [0.25, 0.3) is 10.2 Å². The largest absolute Gasteiger partial charge is 0.454 e. The number of benzene rings is 3. The highest BCUT2D eigenvalue weighted by Gasteiger charge is 2.15. The molecule has 1 amide bonds. The molecular weight excluding hydrogens is 422 g/mol. The summed E-state index contributed by atoms with van der Waals surface area (Å²) < 4.78 is 11.9. The van der Waals surface area contributed by atoms with E-state index in [1.165, 1.54) is 10.3 Å². The molecule has 6 nitrogen and oxygen atoms in total. The fraction of sp³-hybridized carbons (Fsp3) is 0.200. The molecule has 4 aromatic rings. The van der Waals surface area contributed by atoms with E-state index in [-0.39, 0.29) is 18.7 Å². The van der Waals surface area contributed by atoms with Crippen molar-refractivity contribution in [3.8, 4) is 11.5 Å². The van der Waals surface area contributed by atoms with Crippen LogP contribution in [-0.4, -0.2) is 23.7 Å². The van der Waals surface area contributed by atoms with Crippen molar-refractivity contribution in [2.75, 3.05) is 12.1 Å². The summed E-state index contributed by atoms with van der Waals surface area (Å²) in [5.41, 5.74) is 4.11. The number of carbonyl (C=O) groups excluding carboxylic acids is 1. The molecule has 2 N–H and O–H groups in total. The molecule has 1 aliphatic rings. The highest BCUT2D eigenvalue weighted by atomic mass is 32.1. The monoisotopic (exact) mass is 445 g/mol. The van der Waals surface area contributed by atoms with Gasteiger partial charge in [0.05, 0.1) is 15.2 Å². The van der Waals surface area contributed by atoms with Crippen LogP contribution in [0.4, 0.5) is 5.69 Å². The number of rotatable bonds is 7. The SMILES string of the molecule is CC(Nc1ccc(Cc2nc3ccccc3s2)cc1)C(=O)NCc1ccc2c(c1)OCO2. The Morgan fingerprint density at radius 1 is 1.03 bits per heavy atom. The van der Waals surface area contributed by atoms with Crippen molar-refractivity contribution in [1.29, 1.82) is 0 Å². The predicted molar refractivity (Wildman–Crippen MR) is 126 cm³/mol. The van der Waals surface area contributed by atoms with Crippen LogP contribution in [0.2, 0.25) is 0 Å². The normalized spacial score (nSPS) is 13.2. The lowest BCUT2D eigenvalue weighted by molar-refractivity contribution is -0.121. The summed E-state index contributed by atoms with van der Waals surface area (Å²) in [4.78, 5) is 17.2.